The zero-order valence-electron chi connectivity index (χ0n) is 9.97. The van der Waals surface area contributed by atoms with Crippen molar-refractivity contribution in [2.75, 3.05) is 25.5 Å². The molecule has 1 unspecified atom stereocenters. The average Bonchev–Trinajstić information content (AvgIpc) is 2.32. The number of benzene rings is 1. The monoisotopic (exact) mass is 274 g/mol. The molecule has 0 aromatic heterocycles. The van der Waals surface area contributed by atoms with Gasteiger partial charge >= 0.3 is 0 Å². The van der Waals surface area contributed by atoms with Crippen molar-refractivity contribution < 1.29 is 17.5 Å². The summed E-state index contributed by atoms with van der Waals surface area (Å²) in [7, 11) is -3.78. The Kier molecular flexibility index (Phi) is 3.56. The molecule has 18 heavy (non-hydrogen) atoms. The van der Waals surface area contributed by atoms with Gasteiger partial charge < -0.3 is 10.5 Å². The van der Waals surface area contributed by atoms with Crippen LogP contribution in [-0.4, -0.2) is 38.5 Å². The van der Waals surface area contributed by atoms with Gasteiger partial charge in [0.05, 0.1) is 18.9 Å². The van der Waals surface area contributed by atoms with Crippen LogP contribution >= 0.6 is 0 Å². The fourth-order valence-electron chi connectivity index (χ4n) is 1.94. The van der Waals surface area contributed by atoms with E-state index in [2.05, 4.69) is 0 Å². The smallest absolute Gasteiger partial charge is 0.245 e. The van der Waals surface area contributed by atoms with Gasteiger partial charge in [0.25, 0.3) is 0 Å². The van der Waals surface area contributed by atoms with Crippen molar-refractivity contribution in [2.45, 2.75) is 17.9 Å². The van der Waals surface area contributed by atoms with Crippen LogP contribution in [0.25, 0.3) is 0 Å². The number of ether oxygens (including phenoxy) is 1. The lowest BCUT2D eigenvalue weighted by Crippen LogP contribution is -2.47. The number of rotatable bonds is 2. The summed E-state index contributed by atoms with van der Waals surface area (Å²) in [6, 6.07) is 3.50. The molecule has 1 heterocycles. The van der Waals surface area contributed by atoms with Crippen molar-refractivity contribution in [2.24, 2.45) is 0 Å². The van der Waals surface area contributed by atoms with E-state index in [9.17, 15) is 12.8 Å². The molecule has 0 spiro atoms. The van der Waals surface area contributed by atoms with Gasteiger partial charge in [0.15, 0.2) is 0 Å². The molecule has 0 aliphatic carbocycles. The summed E-state index contributed by atoms with van der Waals surface area (Å²) < 4.78 is 44.6. The minimum absolute atomic E-state index is 0.184. The van der Waals surface area contributed by atoms with Crippen LogP contribution in [0.1, 0.15) is 6.92 Å². The Hall–Kier alpha value is -1.18. The topological polar surface area (TPSA) is 72.6 Å². The van der Waals surface area contributed by atoms with Gasteiger partial charge in [-0.1, -0.05) is 6.07 Å². The van der Waals surface area contributed by atoms with E-state index in [4.69, 9.17) is 10.5 Å². The second kappa shape index (κ2) is 4.83. The summed E-state index contributed by atoms with van der Waals surface area (Å²) in [5, 5.41) is 0. The van der Waals surface area contributed by atoms with Gasteiger partial charge in [-0.2, -0.15) is 4.31 Å². The van der Waals surface area contributed by atoms with E-state index < -0.39 is 15.8 Å². The van der Waals surface area contributed by atoms with Crippen LogP contribution in [0, 0.1) is 5.82 Å². The van der Waals surface area contributed by atoms with Crippen LogP contribution in [0.3, 0.4) is 0 Å². The standard InChI is InChI=1S/C11H15FN2O3S/c1-8-7-17-6-5-14(8)18(15,16)10-4-2-3-9(12)11(10)13/h2-4,8H,5-7,13H2,1H3. The van der Waals surface area contributed by atoms with Gasteiger partial charge in [-0.15, -0.1) is 0 Å². The number of nitrogens with zero attached hydrogens (tertiary/aromatic N) is 1. The Morgan fingerprint density at radius 3 is 2.89 bits per heavy atom. The Morgan fingerprint density at radius 1 is 1.50 bits per heavy atom. The van der Waals surface area contributed by atoms with Crippen LogP contribution in [0.2, 0.25) is 0 Å². The van der Waals surface area contributed by atoms with Crippen molar-refractivity contribution in [3.05, 3.63) is 24.0 Å². The molecular formula is C11H15FN2O3S. The van der Waals surface area contributed by atoms with Gasteiger partial charge in [-0.3, -0.25) is 0 Å². The van der Waals surface area contributed by atoms with Crippen molar-refractivity contribution in [1.82, 2.24) is 4.31 Å². The molecule has 1 fully saturated rings. The van der Waals surface area contributed by atoms with E-state index in [1.807, 2.05) is 0 Å². The highest BCUT2D eigenvalue weighted by Crippen LogP contribution is 2.26. The van der Waals surface area contributed by atoms with Crippen LogP contribution in [0.15, 0.2) is 23.1 Å². The molecule has 100 valence electrons. The second-order valence-corrected chi connectivity index (χ2v) is 6.05. The number of hydrogen-bond acceptors (Lipinski definition) is 4. The Labute approximate surface area is 105 Å². The van der Waals surface area contributed by atoms with E-state index in [0.717, 1.165) is 6.07 Å². The van der Waals surface area contributed by atoms with Crippen molar-refractivity contribution in [1.29, 1.82) is 0 Å². The van der Waals surface area contributed by atoms with E-state index >= 15 is 0 Å². The number of morpholine rings is 1. The van der Waals surface area contributed by atoms with Gasteiger partial charge in [0.1, 0.15) is 10.7 Å². The van der Waals surface area contributed by atoms with Crippen LogP contribution in [-0.2, 0) is 14.8 Å². The first kappa shape index (κ1) is 13.3. The molecule has 0 saturated carbocycles. The normalized spacial score (nSPS) is 22.0. The predicted octanol–water partition coefficient (Wildman–Crippen LogP) is 0.817. The fourth-order valence-corrected chi connectivity index (χ4v) is 3.67. The molecule has 0 radical (unpaired) electrons. The van der Waals surface area contributed by atoms with Crippen molar-refractivity contribution in [3.63, 3.8) is 0 Å². The van der Waals surface area contributed by atoms with Crippen molar-refractivity contribution >= 4 is 15.7 Å². The van der Waals surface area contributed by atoms with E-state index in [1.54, 1.807) is 6.92 Å². The quantitative estimate of drug-likeness (QED) is 0.810. The first-order valence-electron chi connectivity index (χ1n) is 5.58. The maximum atomic E-state index is 13.3. The Bertz CT molecular complexity index is 547. The number of hydrogen-bond donors (Lipinski definition) is 1. The molecule has 7 heteroatoms. The van der Waals surface area contributed by atoms with E-state index in [-0.39, 0.29) is 23.2 Å². The lowest BCUT2D eigenvalue weighted by atomic mass is 10.3. The zero-order chi connectivity index (χ0) is 13.3. The van der Waals surface area contributed by atoms with Gasteiger partial charge in [-0.05, 0) is 19.1 Å². The maximum Gasteiger partial charge on any atom is 0.245 e. The summed E-state index contributed by atoms with van der Waals surface area (Å²) in [5.74, 6) is -0.725. The third-order valence-electron chi connectivity index (χ3n) is 2.91. The van der Waals surface area contributed by atoms with Crippen molar-refractivity contribution in [3.8, 4) is 0 Å². The Balaban J connectivity index is 2.44. The molecule has 1 atom stereocenters. The number of para-hydroxylation sites is 1. The van der Waals surface area contributed by atoms with E-state index in [0.29, 0.717) is 13.2 Å². The molecule has 2 rings (SSSR count). The lowest BCUT2D eigenvalue weighted by molar-refractivity contribution is 0.0393. The maximum absolute atomic E-state index is 13.3. The summed E-state index contributed by atoms with van der Waals surface area (Å²) in [5.41, 5.74) is 5.17. The molecular weight excluding hydrogens is 259 g/mol. The van der Waals surface area contributed by atoms with Gasteiger partial charge in [0, 0.05) is 12.6 Å². The van der Waals surface area contributed by atoms with Gasteiger partial charge in [0.2, 0.25) is 10.0 Å². The van der Waals surface area contributed by atoms with Crippen LogP contribution in [0.4, 0.5) is 10.1 Å². The summed E-state index contributed by atoms with van der Waals surface area (Å²) in [6.07, 6.45) is 0. The molecule has 1 aromatic carbocycles. The van der Waals surface area contributed by atoms with Crippen LogP contribution < -0.4 is 5.73 Å². The fraction of sp³-hybridized carbons (Fsp3) is 0.455. The molecule has 0 amide bonds. The minimum atomic E-state index is -3.78. The molecule has 1 aliphatic rings. The second-order valence-electron chi connectivity index (χ2n) is 4.19. The Morgan fingerprint density at radius 2 is 2.22 bits per heavy atom. The number of halogens is 1. The highest BCUT2D eigenvalue weighted by molar-refractivity contribution is 7.89. The summed E-state index contributed by atoms with van der Waals surface area (Å²) in [4.78, 5) is -0.184. The number of sulfonamides is 1. The van der Waals surface area contributed by atoms with E-state index in [1.165, 1.54) is 16.4 Å². The third-order valence-corrected chi connectivity index (χ3v) is 4.98. The largest absolute Gasteiger partial charge is 0.395 e. The first-order chi connectivity index (χ1) is 8.44. The SMILES string of the molecule is CC1COCCN1S(=O)(=O)c1cccc(F)c1N. The minimum Gasteiger partial charge on any atom is -0.395 e. The molecule has 2 N–H and O–H groups in total. The number of nitrogen functional groups attached to an aromatic ring is 1. The highest BCUT2D eigenvalue weighted by atomic mass is 32.2. The predicted molar refractivity (Wildman–Crippen MR) is 65.0 cm³/mol. The zero-order valence-corrected chi connectivity index (χ0v) is 10.8. The van der Waals surface area contributed by atoms with Gasteiger partial charge in [-0.25, -0.2) is 12.8 Å². The summed E-state index contributed by atoms with van der Waals surface area (Å²) >= 11 is 0. The molecule has 0 bridgehead atoms. The average molecular weight is 274 g/mol. The highest BCUT2D eigenvalue weighted by Gasteiger charge is 2.33. The molecule has 1 aromatic rings. The lowest BCUT2D eigenvalue weighted by Gasteiger charge is -2.32. The number of nitrogens with two attached hydrogens (primary N) is 1. The summed E-state index contributed by atoms with van der Waals surface area (Å²) in [6.45, 7) is 2.65. The first-order valence-corrected chi connectivity index (χ1v) is 7.02. The molecule has 5 nitrogen and oxygen atoms in total. The molecule has 1 aliphatic heterocycles. The van der Waals surface area contributed by atoms with Crippen LogP contribution in [0.5, 0.6) is 0 Å². The molecule has 1 saturated heterocycles. The number of anilines is 1. The third kappa shape index (κ3) is 2.21.